The summed E-state index contributed by atoms with van der Waals surface area (Å²) in [7, 11) is 0. The highest BCUT2D eigenvalue weighted by Crippen LogP contribution is 2.25. The Bertz CT molecular complexity index is 1310. The van der Waals surface area contributed by atoms with Crippen LogP contribution in [0.15, 0.2) is 77.6 Å². The van der Waals surface area contributed by atoms with Crippen LogP contribution in [-0.4, -0.2) is 14.2 Å². The van der Waals surface area contributed by atoms with Gasteiger partial charge < -0.3 is 0 Å². The minimum absolute atomic E-state index is 0.0580. The summed E-state index contributed by atoms with van der Waals surface area (Å²) in [4.78, 5) is 18.0. The molecule has 0 N–H and O–H groups in total. The lowest BCUT2D eigenvalue weighted by molar-refractivity contribution is 0.794. The number of aromatic nitrogens is 3. The van der Waals surface area contributed by atoms with E-state index in [1.54, 1.807) is 4.52 Å². The molecule has 5 aromatic rings. The Hall–Kier alpha value is -3.40. The highest BCUT2D eigenvalue weighted by Gasteiger charge is 2.16. The maximum absolute atomic E-state index is 13.2. The second kappa shape index (κ2) is 5.05. The fourth-order valence-corrected chi connectivity index (χ4v) is 3.38. The first kappa shape index (κ1) is 14.0. The summed E-state index contributed by atoms with van der Waals surface area (Å²) in [6, 6.07) is 23.6. The molecule has 3 aromatic carbocycles. The van der Waals surface area contributed by atoms with Crippen LogP contribution in [0.1, 0.15) is 5.56 Å². The molecule has 25 heavy (non-hydrogen) atoms. The first-order valence-corrected chi connectivity index (χ1v) is 8.22. The molecule has 0 aliphatic rings. The van der Waals surface area contributed by atoms with Crippen LogP contribution in [0, 0.1) is 6.92 Å². The lowest BCUT2D eigenvalue weighted by Crippen LogP contribution is -2.20. The van der Waals surface area contributed by atoms with Gasteiger partial charge in [-0.15, -0.1) is 0 Å². The van der Waals surface area contributed by atoms with Crippen LogP contribution in [0.25, 0.3) is 33.1 Å². The number of hydrogen-bond donors (Lipinski definition) is 0. The van der Waals surface area contributed by atoms with Gasteiger partial charge in [-0.05, 0) is 43.3 Å². The molecule has 2 heterocycles. The number of rotatable bonds is 1. The SMILES string of the molecule is Cc1ccc(-n2c3ccccc3c3nc4ccccc4c(=O)n32)cc1. The van der Waals surface area contributed by atoms with Crippen molar-refractivity contribution in [3.8, 4) is 5.69 Å². The molecule has 0 aliphatic carbocycles. The van der Waals surface area contributed by atoms with Crippen LogP contribution < -0.4 is 5.56 Å². The Morgan fingerprint density at radius 2 is 1.48 bits per heavy atom. The molecule has 0 bridgehead atoms. The van der Waals surface area contributed by atoms with Crippen molar-refractivity contribution in [3.05, 3.63) is 88.7 Å². The molecular weight excluding hydrogens is 310 g/mol. The first-order valence-electron chi connectivity index (χ1n) is 8.22. The van der Waals surface area contributed by atoms with Gasteiger partial charge in [-0.1, -0.05) is 42.0 Å². The number of nitrogens with zero attached hydrogens (tertiary/aromatic N) is 3. The highest BCUT2D eigenvalue weighted by atomic mass is 16.1. The topological polar surface area (TPSA) is 39.3 Å². The molecule has 4 nitrogen and oxygen atoms in total. The number of hydrogen-bond acceptors (Lipinski definition) is 2. The van der Waals surface area contributed by atoms with E-state index in [1.807, 2.05) is 65.3 Å². The van der Waals surface area contributed by atoms with Crippen LogP contribution in [-0.2, 0) is 0 Å². The van der Waals surface area contributed by atoms with E-state index in [9.17, 15) is 4.79 Å². The minimum atomic E-state index is -0.0580. The van der Waals surface area contributed by atoms with E-state index >= 15 is 0 Å². The quantitative estimate of drug-likeness (QED) is 0.465. The van der Waals surface area contributed by atoms with Gasteiger partial charge in [0, 0.05) is 5.39 Å². The number of aryl methyl sites for hydroxylation is 1. The maximum atomic E-state index is 13.2. The normalized spacial score (nSPS) is 11.6. The molecule has 120 valence electrons. The third kappa shape index (κ3) is 1.94. The van der Waals surface area contributed by atoms with Crippen LogP contribution >= 0.6 is 0 Å². The largest absolute Gasteiger partial charge is 0.281 e. The first-order chi connectivity index (χ1) is 12.2. The van der Waals surface area contributed by atoms with Gasteiger partial charge in [0.1, 0.15) is 0 Å². The second-order valence-electron chi connectivity index (χ2n) is 6.23. The lowest BCUT2D eigenvalue weighted by Gasteiger charge is -2.09. The van der Waals surface area contributed by atoms with Crippen molar-refractivity contribution in [2.75, 3.05) is 0 Å². The molecule has 0 atom stereocenters. The zero-order valence-electron chi connectivity index (χ0n) is 13.7. The van der Waals surface area contributed by atoms with Crippen molar-refractivity contribution in [2.24, 2.45) is 0 Å². The molecule has 0 saturated heterocycles. The molecule has 0 fully saturated rings. The van der Waals surface area contributed by atoms with E-state index in [2.05, 4.69) is 19.1 Å². The van der Waals surface area contributed by atoms with Gasteiger partial charge in [-0.2, -0.15) is 4.52 Å². The number of benzene rings is 3. The summed E-state index contributed by atoms with van der Waals surface area (Å²) < 4.78 is 3.63. The van der Waals surface area contributed by atoms with Crippen molar-refractivity contribution in [3.63, 3.8) is 0 Å². The van der Waals surface area contributed by atoms with Crippen molar-refractivity contribution < 1.29 is 0 Å². The predicted octanol–water partition coefficient (Wildman–Crippen LogP) is 4.10. The van der Waals surface area contributed by atoms with Crippen LogP contribution in [0.3, 0.4) is 0 Å². The summed E-state index contributed by atoms with van der Waals surface area (Å²) in [5.74, 6) is 0. The Balaban J connectivity index is 2.06. The van der Waals surface area contributed by atoms with Crippen molar-refractivity contribution in [1.29, 1.82) is 0 Å². The van der Waals surface area contributed by atoms with Crippen molar-refractivity contribution in [1.82, 2.24) is 14.2 Å². The highest BCUT2D eigenvalue weighted by molar-refractivity contribution is 5.96. The molecule has 0 aliphatic heterocycles. The summed E-state index contributed by atoms with van der Waals surface area (Å²) in [6.07, 6.45) is 0. The van der Waals surface area contributed by atoms with Crippen LogP contribution in [0.4, 0.5) is 0 Å². The zero-order valence-corrected chi connectivity index (χ0v) is 13.7. The molecule has 0 unspecified atom stereocenters. The average Bonchev–Trinajstić information content (AvgIpc) is 2.98. The Morgan fingerprint density at radius 3 is 2.28 bits per heavy atom. The molecule has 0 amide bonds. The minimum Gasteiger partial charge on any atom is -0.267 e. The van der Waals surface area contributed by atoms with E-state index in [0.29, 0.717) is 11.0 Å². The Labute approximate surface area is 143 Å². The molecule has 0 radical (unpaired) electrons. The van der Waals surface area contributed by atoms with Gasteiger partial charge in [0.25, 0.3) is 5.56 Å². The monoisotopic (exact) mass is 325 g/mol. The van der Waals surface area contributed by atoms with E-state index < -0.39 is 0 Å². The molecule has 0 spiro atoms. The predicted molar refractivity (Wildman–Crippen MR) is 101 cm³/mol. The standard InChI is InChI=1S/C21H15N3O/c1-14-10-12-15(13-11-14)23-19-9-5-3-7-17(19)20-22-18-8-4-2-6-16(18)21(25)24(20)23/h2-13H,1H3. The van der Waals surface area contributed by atoms with Crippen LogP contribution in [0.2, 0.25) is 0 Å². The van der Waals surface area contributed by atoms with E-state index in [-0.39, 0.29) is 5.56 Å². The molecular formula is C21H15N3O. The third-order valence-electron chi connectivity index (χ3n) is 4.61. The molecule has 5 rings (SSSR count). The maximum Gasteiger partial charge on any atom is 0.281 e. The van der Waals surface area contributed by atoms with Gasteiger partial charge in [0.05, 0.1) is 22.1 Å². The lowest BCUT2D eigenvalue weighted by atomic mass is 10.2. The average molecular weight is 325 g/mol. The van der Waals surface area contributed by atoms with Crippen LogP contribution in [0.5, 0.6) is 0 Å². The summed E-state index contributed by atoms with van der Waals surface area (Å²) in [5.41, 5.74) is 4.43. The summed E-state index contributed by atoms with van der Waals surface area (Å²) in [6.45, 7) is 2.05. The fraction of sp³-hybridized carbons (Fsp3) is 0.0476. The van der Waals surface area contributed by atoms with E-state index in [1.165, 1.54) is 5.56 Å². The Morgan fingerprint density at radius 1 is 0.800 bits per heavy atom. The summed E-state index contributed by atoms with van der Waals surface area (Å²) >= 11 is 0. The van der Waals surface area contributed by atoms with Crippen molar-refractivity contribution in [2.45, 2.75) is 6.92 Å². The fourth-order valence-electron chi connectivity index (χ4n) is 3.38. The van der Waals surface area contributed by atoms with Gasteiger partial charge in [0.2, 0.25) is 0 Å². The van der Waals surface area contributed by atoms with Gasteiger partial charge in [-0.3, -0.25) is 4.79 Å². The van der Waals surface area contributed by atoms with Gasteiger partial charge in [-0.25, -0.2) is 9.67 Å². The van der Waals surface area contributed by atoms with E-state index in [4.69, 9.17) is 4.98 Å². The van der Waals surface area contributed by atoms with Crippen molar-refractivity contribution >= 4 is 27.5 Å². The zero-order chi connectivity index (χ0) is 17.0. The third-order valence-corrected chi connectivity index (χ3v) is 4.61. The molecule has 0 saturated carbocycles. The number of para-hydroxylation sites is 2. The molecule has 4 heteroatoms. The van der Waals surface area contributed by atoms with Gasteiger partial charge >= 0.3 is 0 Å². The number of fused-ring (bicyclic) bond motifs is 4. The summed E-state index contributed by atoms with van der Waals surface area (Å²) in [5, 5.41) is 1.59. The van der Waals surface area contributed by atoms with E-state index in [0.717, 1.165) is 22.1 Å². The molecule has 2 aromatic heterocycles. The Kier molecular flexibility index (Phi) is 2.82. The van der Waals surface area contributed by atoms with Gasteiger partial charge in [0.15, 0.2) is 5.65 Å². The second-order valence-corrected chi connectivity index (χ2v) is 6.23. The smallest absolute Gasteiger partial charge is 0.267 e.